The summed E-state index contributed by atoms with van der Waals surface area (Å²) in [6.07, 6.45) is 3.04. The van der Waals surface area contributed by atoms with Gasteiger partial charge >= 0.3 is 0 Å². The molecule has 0 bridgehead atoms. The van der Waals surface area contributed by atoms with Crippen LogP contribution in [0.1, 0.15) is 25.7 Å². The highest BCUT2D eigenvalue weighted by Gasteiger charge is 2.36. The Labute approximate surface area is 134 Å². The van der Waals surface area contributed by atoms with Crippen LogP contribution in [0.5, 0.6) is 0 Å². The van der Waals surface area contributed by atoms with Gasteiger partial charge in [-0.1, -0.05) is 11.6 Å². The maximum Gasteiger partial charge on any atom is 0.249 e. The Morgan fingerprint density at radius 2 is 1.95 bits per heavy atom. The molecule has 1 aliphatic heterocycles. The summed E-state index contributed by atoms with van der Waals surface area (Å²) in [5, 5.41) is 3.53. The van der Waals surface area contributed by atoms with E-state index in [1.807, 2.05) is 12.1 Å². The maximum absolute atomic E-state index is 12.5. The van der Waals surface area contributed by atoms with Crippen LogP contribution < -0.4 is 16.0 Å². The molecule has 1 saturated carbocycles. The van der Waals surface area contributed by atoms with Crippen LogP contribution >= 0.6 is 11.6 Å². The average Bonchev–Trinajstić information content (AvgIpc) is 3.08. The quantitative estimate of drug-likeness (QED) is 0.889. The SMILES string of the molecule is NC1CCC(C(=O)NC2CCN(c3ccc(Cl)cc3)C2=O)C1. The Morgan fingerprint density at radius 3 is 2.59 bits per heavy atom. The molecule has 6 heteroatoms. The van der Waals surface area contributed by atoms with Gasteiger partial charge in [0.05, 0.1) is 0 Å². The molecule has 1 aromatic carbocycles. The van der Waals surface area contributed by atoms with Crippen molar-refractivity contribution in [3.63, 3.8) is 0 Å². The van der Waals surface area contributed by atoms with Crippen molar-refractivity contribution in [1.82, 2.24) is 5.32 Å². The van der Waals surface area contributed by atoms with Crippen molar-refractivity contribution < 1.29 is 9.59 Å². The topological polar surface area (TPSA) is 75.4 Å². The van der Waals surface area contributed by atoms with E-state index in [0.717, 1.165) is 18.5 Å². The third kappa shape index (κ3) is 3.10. The highest BCUT2D eigenvalue weighted by Crippen LogP contribution is 2.26. The number of anilines is 1. The minimum Gasteiger partial charge on any atom is -0.344 e. The molecule has 2 aliphatic rings. The Balaban J connectivity index is 1.61. The van der Waals surface area contributed by atoms with E-state index < -0.39 is 6.04 Å². The molecule has 1 aliphatic carbocycles. The molecule has 2 fully saturated rings. The predicted molar refractivity (Wildman–Crippen MR) is 85.7 cm³/mol. The number of nitrogens with one attached hydrogen (secondary N) is 1. The molecule has 0 radical (unpaired) electrons. The molecule has 3 N–H and O–H groups in total. The van der Waals surface area contributed by atoms with Crippen molar-refractivity contribution >= 4 is 29.1 Å². The molecule has 118 valence electrons. The summed E-state index contributed by atoms with van der Waals surface area (Å²) in [4.78, 5) is 26.4. The Hall–Kier alpha value is -1.59. The standard InChI is InChI=1S/C16H20ClN3O2/c17-11-2-5-13(6-3-11)20-8-7-14(16(20)22)19-15(21)10-1-4-12(18)9-10/h2-3,5-6,10,12,14H,1,4,7-9,18H2,(H,19,21). The van der Waals surface area contributed by atoms with Crippen LogP contribution in [-0.2, 0) is 9.59 Å². The third-order valence-electron chi connectivity index (χ3n) is 4.50. The number of halogens is 1. The van der Waals surface area contributed by atoms with Gasteiger partial charge in [0.2, 0.25) is 11.8 Å². The van der Waals surface area contributed by atoms with Crippen LogP contribution in [0, 0.1) is 5.92 Å². The molecule has 1 aromatic rings. The highest BCUT2D eigenvalue weighted by atomic mass is 35.5. The summed E-state index contributed by atoms with van der Waals surface area (Å²) in [7, 11) is 0. The molecule has 1 saturated heterocycles. The first-order chi connectivity index (χ1) is 10.5. The second kappa shape index (κ2) is 6.26. The van der Waals surface area contributed by atoms with E-state index in [9.17, 15) is 9.59 Å². The van der Waals surface area contributed by atoms with Crippen molar-refractivity contribution in [3.8, 4) is 0 Å². The van der Waals surface area contributed by atoms with E-state index in [0.29, 0.717) is 24.4 Å². The van der Waals surface area contributed by atoms with E-state index in [2.05, 4.69) is 5.32 Å². The largest absolute Gasteiger partial charge is 0.344 e. The van der Waals surface area contributed by atoms with Crippen LogP contribution in [0.2, 0.25) is 5.02 Å². The molecule has 3 atom stereocenters. The van der Waals surface area contributed by atoms with Gasteiger partial charge in [-0.25, -0.2) is 0 Å². The van der Waals surface area contributed by atoms with Crippen LogP contribution in [0.3, 0.4) is 0 Å². The van der Waals surface area contributed by atoms with E-state index in [1.165, 1.54) is 0 Å². The number of nitrogens with two attached hydrogens (primary N) is 1. The fraction of sp³-hybridized carbons (Fsp3) is 0.500. The monoisotopic (exact) mass is 321 g/mol. The lowest BCUT2D eigenvalue weighted by molar-refractivity contribution is -0.129. The summed E-state index contributed by atoms with van der Waals surface area (Å²) in [5.74, 6) is -0.144. The van der Waals surface area contributed by atoms with E-state index in [1.54, 1.807) is 17.0 Å². The van der Waals surface area contributed by atoms with Crippen LogP contribution in [0.25, 0.3) is 0 Å². The fourth-order valence-corrected chi connectivity index (χ4v) is 3.36. The molecule has 0 spiro atoms. The van der Waals surface area contributed by atoms with E-state index in [-0.39, 0.29) is 23.8 Å². The zero-order chi connectivity index (χ0) is 15.7. The zero-order valence-electron chi connectivity index (χ0n) is 12.3. The Bertz CT molecular complexity index is 575. The number of amides is 2. The number of rotatable bonds is 3. The van der Waals surface area contributed by atoms with Crippen LogP contribution in [0.4, 0.5) is 5.69 Å². The first-order valence-corrected chi connectivity index (χ1v) is 8.05. The van der Waals surface area contributed by atoms with E-state index in [4.69, 9.17) is 17.3 Å². The first kappa shape index (κ1) is 15.3. The normalized spacial score (nSPS) is 28.2. The lowest BCUT2D eigenvalue weighted by atomic mass is 10.1. The van der Waals surface area contributed by atoms with Crippen molar-refractivity contribution in [2.75, 3.05) is 11.4 Å². The van der Waals surface area contributed by atoms with Gasteiger partial charge in [0, 0.05) is 29.2 Å². The second-order valence-electron chi connectivity index (χ2n) is 6.09. The molecule has 5 nitrogen and oxygen atoms in total. The van der Waals surface area contributed by atoms with Crippen molar-refractivity contribution in [3.05, 3.63) is 29.3 Å². The molecule has 1 heterocycles. The Morgan fingerprint density at radius 1 is 1.23 bits per heavy atom. The fourth-order valence-electron chi connectivity index (χ4n) is 3.24. The number of nitrogens with zero attached hydrogens (tertiary/aromatic N) is 1. The number of hydrogen-bond acceptors (Lipinski definition) is 3. The van der Waals surface area contributed by atoms with Crippen LogP contribution in [0.15, 0.2) is 24.3 Å². The van der Waals surface area contributed by atoms with Gasteiger partial charge in [-0.2, -0.15) is 0 Å². The number of carbonyl (C=O) groups is 2. The summed E-state index contributed by atoms with van der Waals surface area (Å²) < 4.78 is 0. The lowest BCUT2D eigenvalue weighted by Gasteiger charge is -2.18. The molecule has 3 unspecified atom stereocenters. The first-order valence-electron chi connectivity index (χ1n) is 7.67. The van der Waals surface area contributed by atoms with Crippen molar-refractivity contribution in [1.29, 1.82) is 0 Å². The average molecular weight is 322 g/mol. The van der Waals surface area contributed by atoms with E-state index >= 15 is 0 Å². The summed E-state index contributed by atoms with van der Waals surface area (Å²) in [6.45, 7) is 0.607. The molecule has 22 heavy (non-hydrogen) atoms. The molecule has 2 amide bonds. The molecular formula is C16H20ClN3O2. The maximum atomic E-state index is 12.5. The summed E-state index contributed by atoms with van der Waals surface area (Å²) in [5.41, 5.74) is 6.66. The van der Waals surface area contributed by atoms with Gasteiger partial charge in [0.1, 0.15) is 6.04 Å². The molecular weight excluding hydrogens is 302 g/mol. The van der Waals surface area contributed by atoms with Gasteiger partial charge < -0.3 is 16.0 Å². The number of hydrogen-bond donors (Lipinski definition) is 2. The van der Waals surface area contributed by atoms with Gasteiger partial charge in [0.25, 0.3) is 0 Å². The smallest absolute Gasteiger partial charge is 0.249 e. The predicted octanol–water partition coefficient (Wildman–Crippen LogP) is 1.69. The zero-order valence-corrected chi connectivity index (χ0v) is 13.1. The highest BCUT2D eigenvalue weighted by molar-refractivity contribution is 6.30. The minimum atomic E-state index is -0.431. The number of carbonyl (C=O) groups excluding carboxylic acids is 2. The third-order valence-corrected chi connectivity index (χ3v) is 4.76. The second-order valence-corrected chi connectivity index (χ2v) is 6.52. The summed E-state index contributed by atoms with van der Waals surface area (Å²) >= 11 is 5.87. The van der Waals surface area contributed by atoms with Gasteiger partial charge in [-0.15, -0.1) is 0 Å². The van der Waals surface area contributed by atoms with Crippen LogP contribution in [-0.4, -0.2) is 30.4 Å². The molecule has 3 rings (SSSR count). The van der Waals surface area contributed by atoms with Crippen molar-refractivity contribution in [2.24, 2.45) is 11.7 Å². The lowest BCUT2D eigenvalue weighted by Crippen LogP contribution is -2.43. The minimum absolute atomic E-state index is 0.0377. The van der Waals surface area contributed by atoms with Gasteiger partial charge in [0.15, 0.2) is 0 Å². The van der Waals surface area contributed by atoms with Crippen molar-refractivity contribution in [2.45, 2.75) is 37.8 Å². The van der Waals surface area contributed by atoms with Gasteiger partial charge in [-0.3, -0.25) is 9.59 Å². The Kier molecular flexibility index (Phi) is 4.36. The molecule has 0 aromatic heterocycles. The van der Waals surface area contributed by atoms with Gasteiger partial charge in [-0.05, 0) is 49.9 Å². The summed E-state index contributed by atoms with van der Waals surface area (Å²) in [6, 6.07) is 6.84. The number of benzene rings is 1.